The molecule has 0 unspecified atom stereocenters. The molecule has 0 aliphatic carbocycles. The number of ether oxygens (including phenoxy) is 2. The lowest BCUT2D eigenvalue weighted by Crippen LogP contribution is -2.12. The smallest absolute Gasteiger partial charge is 0.269 e. The van der Waals surface area contributed by atoms with E-state index >= 15 is 0 Å². The van der Waals surface area contributed by atoms with Crippen LogP contribution in [0, 0.1) is 6.92 Å². The predicted octanol–water partition coefficient (Wildman–Crippen LogP) is 2.00. The molecule has 0 fully saturated rings. The Bertz CT molecular complexity index is 952. The van der Waals surface area contributed by atoms with Crippen molar-refractivity contribution in [2.75, 3.05) is 20.3 Å². The van der Waals surface area contributed by atoms with Crippen LogP contribution in [0.15, 0.2) is 47.8 Å². The van der Waals surface area contributed by atoms with Crippen molar-refractivity contribution in [1.29, 1.82) is 0 Å². The van der Waals surface area contributed by atoms with E-state index in [4.69, 9.17) is 9.47 Å². The second-order valence-electron chi connectivity index (χ2n) is 5.14. The Morgan fingerprint density at radius 2 is 1.88 bits per heavy atom. The fraction of sp³-hybridized carbons (Fsp3) is 0.250. The lowest BCUT2D eigenvalue weighted by Gasteiger charge is -2.08. The summed E-state index contributed by atoms with van der Waals surface area (Å²) in [6.45, 7) is 2.53. The summed E-state index contributed by atoms with van der Waals surface area (Å²) in [7, 11) is -2.16. The van der Waals surface area contributed by atoms with Crippen molar-refractivity contribution in [3.63, 3.8) is 0 Å². The molecular weight excluding hydrogens is 330 g/mol. The number of nitrogens with zero attached hydrogens (tertiary/aromatic N) is 3. The van der Waals surface area contributed by atoms with Gasteiger partial charge in [0, 0.05) is 13.3 Å². The Labute approximate surface area is 139 Å². The maximum atomic E-state index is 12.9. The van der Waals surface area contributed by atoms with Crippen LogP contribution in [0.3, 0.4) is 0 Å². The second kappa shape index (κ2) is 6.58. The van der Waals surface area contributed by atoms with Crippen LogP contribution in [-0.2, 0) is 14.8 Å². The fourth-order valence-electron chi connectivity index (χ4n) is 2.39. The predicted molar refractivity (Wildman–Crippen MR) is 88.7 cm³/mol. The highest BCUT2D eigenvalue weighted by Crippen LogP contribution is 2.29. The van der Waals surface area contributed by atoms with E-state index in [1.54, 1.807) is 44.4 Å². The maximum absolute atomic E-state index is 12.9. The molecule has 0 saturated heterocycles. The number of hydrogen-bond acceptors (Lipinski definition) is 6. The molecule has 2 heterocycles. The SMILES string of the molecule is COCCOc1ncnc2c1c(C)cn2S(=O)(=O)c1ccccc1. The summed E-state index contributed by atoms with van der Waals surface area (Å²) in [4.78, 5) is 8.45. The van der Waals surface area contributed by atoms with E-state index in [9.17, 15) is 8.42 Å². The Kier molecular flexibility index (Phi) is 4.50. The first-order chi connectivity index (χ1) is 11.6. The molecule has 24 heavy (non-hydrogen) atoms. The molecule has 0 aliphatic heterocycles. The van der Waals surface area contributed by atoms with Gasteiger partial charge >= 0.3 is 0 Å². The van der Waals surface area contributed by atoms with Gasteiger partial charge in [0.2, 0.25) is 5.88 Å². The van der Waals surface area contributed by atoms with Crippen molar-refractivity contribution in [3.05, 3.63) is 48.4 Å². The van der Waals surface area contributed by atoms with Gasteiger partial charge in [-0.15, -0.1) is 0 Å². The number of hydrogen-bond donors (Lipinski definition) is 0. The topological polar surface area (TPSA) is 83.3 Å². The van der Waals surface area contributed by atoms with Gasteiger partial charge in [-0.25, -0.2) is 22.4 Å². The number of rotatable bonds is 6. The minimum atomic E-state index is -3.74. The van der Waals surface area contributed by atoms with Gasteiger partial charge in [-0.3, -0.25) is 0 Å². The van der Waals surface area contributed by atoms with E-state index < -0.39 is 10.0 Å². The largest absolute Gasteiger partial charge is 0.475 e. The van der Waals surface area contributed by atoms with Crippen LogP contribution in [0.2, 0.25) is 0 Å². The molecule has 2 aromatic heterocycles. The van der Waals surface area contributed by atoms with Crippen LogP contribution >= 0.6 is 0 Å². The summed E-state index contributed by atoms with van der Waals surface area (Å²) in [5, 5.41) is 0.577. The van der Waals surface area contributed by atoms with Crippen molar-refractivity contribution in [1.82, 2.24) is 13.9 Å². The number of benzene rings is 1. The molecule has 0 bridgehead atoms. The highest BCUT2D eigenvalue weighted by Gasteiger charge is 2.23. The van der Waals surface area contributed by atoms with Gasteiger partial charge in [0.05, 0.1) is 16.9 Å². The number of aryl methyl sites for hydroxylation is 1. The first kappa shape index (κ1) is 16.4. The van der Waals surface area contributed by atoms with Gasteiger partial charge in [-0.1, -0.05) is 18.2 Å². The molecule has 1 aromatic carbocycles. The van der Waals surface area contributed by atoms with Crippen molar-refractivity contribution in [2.45, 2.75) is 11.8 Å². The molecule has 7 nitrogen and oxygen atoms in total. The quantitative estimate of drug-likeness (QED) is 0.634. The van der Waals surface area contributed by atoms with E-state index in [2.05, 4.69) is 9.97 Å². The highest BCUT2D eigenvalue weighted by molar-refractivity contribution is 7.90. The number of methoxy groups -OCH3 is 1. The van der Waals surface area contributed by atoms with E-state index in [-0.39, 0.29) is 4.90 Å². The Balaban J connectivity index is 2.13. The lowest BCUT2D eigenvalue weighted by atomic mass is 10.3. The second-order valence-corrected chi connectivity index (χ2v) is 6.96. The van der Waals surface area contributed by atoms with Crippen molar-refractivity contribution in [2.24, 2.45) is 0 Å². The zero-order valence-electron chi connectivity index (χ0n) is 13.3. The van der Waals surface area contributed by atoms with E-state index in [1.807, 2.05) is 0 Å². The molecule has 0 aliphatic rings. The van der Waals surface area contributed by atoms with Gasteiger partial charge in [0.15, 0.2) is 5.65 Å². The van der Waals surface area contributed by atoms with Gasteiger partial charge in [0.1, 0.15) is 12.9 Å². The Morgan fingerprint density at radius 3 is 2.58 bits per heavy atom. The van der Waals surface area contributed by atoms with Crippen LogP contribution in [0.1, 0.15) is 5.56 Å². The third-order valence-electron chi connectivity index (χ3n) is 3.53. The minimum Gasteiger partial charge on any atom is -0.475 e. The summed E-state index contributed by atoms with van der Waals surface area (Å²) in [6, 6.07) is 8.22. The summed E-state index contributed by atoms with van der Waals surface area (Å²) in [6.07, 6.45) is 2.83. The van der Waals surface area contributed by atoms with E-state index in [0.29, 0.717) is 30.1 Å². The number of aromatic nitrogens is 3. The molecular formula is C16H17N3O4S. The molecule has 3 aromatic rings. The van der Waals surface area contributed by atoms with Crippen molar-refractivity contribution in [3.8, 4) is 5.88 Å². The maximum Gasteiger partial charge on any atom is 0.269 e. The first-order valence-electron chi connectivity index (χ1n) is 7.30. The molecule has 126 valence electrons. The lowest BCUT2D eigenvalue weighted by molar-refractivity contribution is 0.144. The van der Waals surface area contributed by atoms with Gasteiger partial charge in [-0.2, -0.15) is 0 Å². The summed E-state index contributed by atoms with van der Waals surface area (Å²) in [5.41, 5.74) is 1.01. The zero-order valence-corrected chi connectivity index (χ0v) is 14.2. The Hall–Kier alpha value is -2.45. The van der Waals surface area contributed by atoms with E-state index in [0.717, 1.165) is 9.54 Å². The standard InChI is InChI=1S/C16H17N3O4S/c1-12-10-19(24(20,21)13-6-4-3-5-7-13)15-14(12)16(18-11-17-15)23-9-8-22-2/h3-7,10-11H,8-9H2,1-2H3. The molecule has 0 N–H and O–H groups in total. The normalized spacial score (nSPS) is 11.8. The molecule has 8 heteroatoms. The van der Waals surface area contributed by atoms with Gasteiger partial charge in [-0.05, 0) is 24.6 Å². The fourth-order valence-corrected chi connectivity index (χ4v) is 3.79. The summed E-state index contributed by atoms with van der Waals surface area (Å²) in [5.74, 6) is 0.344. The Morgan fingerprint density at radius 1 is 1.12 bits per heavy atom. The van der Waals surface area contributed by atoms with Crippen LogP contribution in [0.5, 0.6) is 5.88 Å². The average Bonchev–Trinajstić information content (AvgIpc) is 2.95. The average molecular weight is 347 g/mol. The monoisotopic (exact) mass is 347 g/mol. The molecule has 0 saturated carbocycles. The summed E-state index contributed by atoms with van der Waals surface area (Å²) >= 11 is 0. The first-order valence-corrected chi connectivity index (χ1v) is 8.74. The van der Waals surface area contributed by atoms with Crippen molar-refractivity contribution < 1.29 is 17.9 Å². The molecule has 0 spiro atoms. The number of fused-ring (bicyclic) bond motifs is 1. The molecule has 0 atom stereocenters. The minimum absolute atomic E-state index is 0.197. The zero-order chi connectivity index (χ0) is 17.2. The van der Waals surface area contributed by atoms with Crippen LogP contribution in [-0.4, -0.2) is 42.7 Å². The van der Waals surface area contributed by atoms with Crippen LogP contribution in [0.25, 0.3) is 11.0 Å². The summed E-state index contributed by atoms with van der Waals surface area (Å²) < 4.78 is 37.5. The van der Waals surface area contributed by atoms with Crippen LogP contribution in [0.4, 0.5) is 0 Å². The third-order valence-corrected chi connectivity index (χ3v) is 5.20. The van der Waals surface area contributed by atoms with Crippen molar-refractivity contribution >= 4 is 21.1 Å². The molecule has 0 amide bonds. The molecule has 3 rings (SSSR count). The van der Waals surface area contributed by atoms with E-state index in [1.165, 1.54) is 12.5 Å². The van der Waals surface area contributed by atoms with Gasteiger partial charge in [0.25, 0.3) is 10.0 Å². The highest BCUT2D eigenvalue weighted by atomic mass is 32.2. The third kappa shape index (κ3) is 2.85. The van der Waals surface area contributed by atoms with Crippen LogP contribution < -0.4 is 4.74 Å². The molecule has 0 radical (unpaired) electrons. The van der Waals surface area contributed by atoms with Gasteiger partial charge < -0.3 is 9.47 Å².